The van der Waals surface area contributed by atoms with Gasteiger partial charge in [0, 0.05) is 18.3 Å². The molecule has 0 radical (unpaired) electrons. The molecule has 1 amide bonds. The summed E-state index contributed by atoms with van der Waals surface area (Å²) in [6.07, 6.45) is -5.72. The van der Waals surface area contributed by atoms with E-state index in [1.807, 2.05) is 0 Å². The molecule has 1 atom stereocenters. The normalized spacial score (nSPS) is 13.3. The summed E-state index contributed by atoms with van der Waals surface area (Å²) in [5, 5.41) is 10.9. The van der Waals surface area contributed by atoms with Crippen molar-refractivity contribution < 1.29 is 42.0 Å². The summed E-state index contributed by atoms with van der Waals surface area (Å²) >= 11 is 0. The summed E-state index contributed by atoms with van der Waals surface area (Å²) in [6, 6.07) is 14.3. The van der Waals surface area contributed by atoms with Gasteiger partial charge in [-0.1, -0.05) is 18.2 Å². The number of alkyl halides is 3. The fourth-order valence-corrected chi connectivity index (χ4v) is 3.83. The third-order valence-corrected chi connectivity index (χ3v) is 5.80. The quantitative estimate of drug-likeness (QED) is 0.478. The number of amides is 1. The molecule has 190 valence electrons. The zero-order valence-corrected chi connectivity index (χ0v) is 19.5. The van der Waals surface area contributed by atoms with Crippen LogP contribution in [0.5, 0.6) is 23.0 Å². The first-order valence-corrected chi connectivity index (χ1v) is 11.0. The zero-order chi connectivity index (χ0) is 25.9. The van der Waals surface area contributed by atoms with Gasteiger partial charge in [0.15, 0.2) is 29.1 Å². The molecule has 0 aliphatic carbocycles. The van der Waals surface area contributed by atoms with Gasteiger partial charge in [-0.3, -0.25) is 4.79 Å². The maximum Gasteiger partial charge on any atom is 0.416 e. The van der Waals surface area contributed by atoms with Gasteiger partial charge in [0.25, 0.3) is 5.91 Å². The summed E-state index contributed by atoms with van der Waals surface area (Å²) in [4.78, 5) is 14.8. The second-order valence-corrected chi connectivity index (χ2v) is 7.99. The molecule has 10 heteroatoms. The molecule has 1 aliphatic rings. The summed E-state index contributed by atoms with van der Waals surface area (Å²) in [7, 11) is 2.94. The molecule has 1 unspecified atom stereocenters. The number of aliphatic hydroxyl groups excluding tert-OH is 1. The van der Waals surface area contributed by atoms with Crippen molar-refractivity contribution in [1.82, 2.24) is 0 Å². The number of methoxy groups -OCH3 is 2. The summed E-state index contributed by atoms with van der Waals surface area (Å²) < 4.78 is 60.0. The fraction of sp³-hybridized carbons (Fsp3) is 0.269. The highest BCUT2D eigenvalue weighted by Crippen LogP contribution is 2.36. The first-order chi connectivity index (χ1) is 17.2. The summed E-state index contributed by atoms with van der Waals surface area (Å²) in [5.41, 5.74) is 0.574. The standard InChI is InChI=1S/C26H24F3NO6/c1-33-20-10-8-19(14-22(20)34-2)30(12-11-16-3-6-18(7-4-16)26(27,28)29)25(32)24(31)17-5-9-21-23(13-17)36-15-35-21/h3-10,13-14,24,31H,11-12,15H2,1-2H3. The third-order valence-electron chi connectivity index (χ3n) is 5.80. The lowest BCUT2D eigenvalue weighted by Crippen LogP contribution is -2.37. The number of anilines is 1. The number of halogens is 3. The molecule has 0 bridgehead atoms. The van der Waals surface area contributed by atoms with Crippen molar-refractivity contribution in [3.05, 3.63) is 77.4 Å². The first-order valence-electron chi connectivity index (χ1n) is 11.0. The zero-order valence-electron chi connectivity index (χ0n) is 19.5. The van der Waals surface area contributed by atoms with Crippen LogP contribution < -0.4 is 23.8 Å². The number of nitrogens with zero attached hydrogens (tertiary/aromatic N) is 1. The van der Waals surface area contributed by atoms with Gasteiger partial charge in [-0.2, -0.15) is 13.2 Å². The molecule has 1 N–H and O–H groups in total. The number of hydrogen-bond acceptors (Lipinski definition) is 6. The molecule has 7 nitrogen and oxygen atoms in total. The van der Waals surface area contributed by atoms with Crippen LogP contribution in [0, 0.1) is 0 Å². The van der Waals surface area contributed by atoms with Crippen LogP contribution in [0.3, 0.4) is 0 Å². The average molecular weight is 503 g/mol. The lowest BCUT2D eigenvalue weighted by molar-refractivity contribution is -0.137. The Bertz CT molecular complexity index is 1230. The number of carbonyl (C=O) groups excluding carboxylic acids is 1. The van der Waals surface area contributed by atoms with Crippen LogP contribution in [0.15, 0.2) is 60.7 Å². The number of rotatable bonds is 8. The lowest BCUT2D eigenvalue weighted by Gasteiger charge is -2.26. The van der Waals surface area contributed by atoms with Gasteiger partial charge in [0.2, 0.25) is 6.79 Å². The summed E-state index contributed by atoms with van der Waals surface area (Å²) in [6.45, 7) is 0.134. The highest BCUT2D eigenvalue weighted by molar-refractivity contribution is 5.97. The van der Waals surface area contributed by atoms with E-state index in [1.54, 1.807) is 30.3 Å². The van der Waals surface area contributed by atoms with E-state index in [1.165, 1.54) is 37.3 Å². The Morgan fingerprint density at radius 2 is 1.67 bits per heavy atom. The largest absolute Gasteiger partial charge is 0.493 e. The molecule has 3 aromatic rings. The predicted molar refractivity (Wildman–Crippen MR) is 125 cm³/mol. The van der Waals surface area contributed by atoms with Crippen LogP contribution in [-0.2, 0) is 17.4 Å². The molecule has 0 spiro atoms. The number of ether oxygens (including phenoxy) is 4. The van der Waals surface area contributed by atoms with Crippen molar-refractivity contribution >= 4 is 11.6 Å². The lowest BCUT2D eigenvalue weighted by atomic mass is 10.1. The van der Waals surface area contributed by atoms with E-state index in [9.17, 15) is 23.1 Å². The topological polar surface area (TPSA) is 77.5 Å². The Labute approximate surface area is 205 Å². The number of carbonyl (C=O) groups is 1. The molecule has 36 heavy (non-hydrogen) atoms. The van der Waals surface area contributed by atoms with Gasteiger partial charge in [-0.15, -0.1) is 0 Å². The van der Waals surface area contributed by atoms with Crippen molar-refractivity contribution in [3.8, 4) is 23.0 Å². The van der Waals surface area contributed by atoms with Gasteiger partial charge < -0.3 is 29.0 Å². The molecule has 3 aromatic carbocycles. The minimum Gasteiger partial charge on any atom is -0.493 e. The van der Waals surface area contributed by atoms with Crippen LogP contribution in [0.4, 0.5) is 18.9 Å². The molecule has 0 saturated heterocycles. The summed E-state index contributed by atoms with van der Waals surface area (Å²) in [5.74, 6) is 1.12. The van der Waals surface area contributed by atoms with Crippen LogP contribution in [0.1, 0.15) is 22.8 Å². The van der Waals surface area contributed by atoms with Crippen molar-refractivity contribution in [2.75, 3.05) is 32.5 Å². The minimum absolute atomic E-state index is 0.0493. The molecule has 0 saturated carbocycles. The minimum atomic E-state index is -4.44. The number of benzene rings is 3. The highest BCUT2D eigenvalue weighted by atomic mass is 19.4. The third kappa shape index (κ3) is 5.33. The van der Waals surface area contributed by atoms with Crippen molar-refractivity contribution in [1.29, 1.82) is 0 Å². The number of hydrogen-bond donors (Lipinski definition) is 1. The number of fused-ring (bicyclic) bond motifs is 1. The Kier molecular flexibility index (Phi) is 7.25. The molecule has 0 fully saturated rings. The van der Waals surface area contributed by atoms with E-state index in [0.29, 0.717) is 39.8 Å². The smallest absolute Gasteiger partial charge is 0.416 e. The second kappa shape index (κ2) is 10.4. The van der Waals surface area contributed by atoms with Crippen LogP contribution in [-0.4, -0.2) is 38.6 Å². The fourth-order valence-electron chi connectivity index (χ4n) is 3.83. The predicted octanol–water partition coefficient (Wildman–Crippen LogP) is 4.76. The van der Waals surface area contributed by atoms with E-state index in [-0.39, 0.29) is 19.8 Å². The van der Waals surface area contributed by atoms with Crippen LogP contribution in [0.2, 0.25) is 0 Å². The Balaban J connectivity index is 1.61. The molecule has 1 heterocycles. The van der Waals surface area contributed by atoms with Gasteiger partial charge in [-0.25, -0.2) is 0 Å². The van der Waals surface area contributed by atoms with Gasteiger partial charge >= 0.3 is 6.18 Å². The van der Waals surface area contributed by atoms with E-state index in [0.717, 1.165) is 12.1 Å². The SMILES string of the molecule is COc1ccc(N(CCc2ccc(C(F)(F)F)cc2)C(=O)C(O)c2ccc3c(c2)OCO3)cc1OC. The molecule has 0 aromatic heterocycles. The van der Waals surface area contributed by atoms with Gasteiger partial charge in [0.1, 0.15) is 0 Å². The van der Waals surface area contributed by atoms with E-state index in [2.05, 4.69) is 0 Å². The van der Waals surface area contributed by atoms with E-state index >= 15 is 0 Å². The van der Waals surface area contributed by atoms with Crippen molar-refractivity contribution in [3.63, 3.8) is 0 Å². The highest BCUT2D eigenvalue weighted by Gasteiger charge is 2.30. The maximum absolute atomic E-state index is 13.5. The van der Waals surface area contributed by atoms with Crippen molar-refractivity contribution in [2.24, 2.45) is 0 Å². The maximum atomic E-state index is 13.5. The second-order valence-electron chi connectivity index (χ2n) is 7.99. The van der Waals surface area contributed by atoms with E-state index in [4.69, 9.17) is 18.9 Å². The number of aliphatic hydroxyl groups is 1. The first kappa shape index (κ1) is 25.2. The molecule has 1 aliphatic heterocycles. The van der Waals surface area contributed by atoms with Crippen LogP contribution in [0.25, 0.3) is 0 Å². The average Bonchev–Trinajstić information content (AvgIpc) is 3.36. The van der Waals surface area contributed by atoms with Crippen molar-refractivity contribution in [2.45, 2.75) is 18.7 Å². The van der Waals surface area contributed by atoms with E-state index < -0.39 is 23.8 Å². The Morgan fingerprint density at radius 1 is 0.972 bits per heavy atom. The Hall–Kier alpha value is -3.92. The van der Waals surface area contributed by atoms with Gasteiger partial charge in [-0.05, 0) is 53.9 Å². The molecule has 4 rings (SSSR count). The van der Waals surface area contributed by atoms with Gasteiger partial charge in [0.05, 0.1) is 19.8 Å². The Morgan fingerprint density at radius 3 is 2.33 bits per heavy atom. The molecular formula is C26H24F3NO6. The molecular weight excluding hydrogens is 479 g/mol. The monoisotopic (exact) mass is 503 g/mol. The van der Waals surface area contributed by atoms with Crippen LogP contribution >= 0.6 is 0 Å².